The number of carbonyl (C=O) groups is 2. The number of hydrogen-bond donors (Lipinski definition) is 1. The Balaban J connectivity index is 2.19. The highest BCUT2D eigenvalue weighted by molar-refractivity contribution is 6.04. The Labute approximate surface area is 106 Å². The smallest absolute Gasteiger partial charge is 0.417 e. The summed E-state index contributed by atoms with van der Waals surface area (Å²) in [6, 6.07) is 1.77. The fourth-order valence-electron chi connectivity index (χ4n) is 1.99. The molecular formula is C13H18N2O3. The van der Waals surface area contributed by atoms with Crippen molar-refractivity contribution in [3.63, 3.8) is 0 Å². The summed E-state index contributed by atoms with van der Waals surface area (Å²) in [7, 11) is 0. The molecule has 0 spiro atoms. The van der Waals surface area contributed by atoms with E-state index in [0.717, 1.165) is 11.4 Å². The third kappa shape index (κ3) is 2.39. The molecule has 18 heavy (non-hydrogen) atoms. The second-order valence-electron chi connectivity index (χ2n) is 5.53. The molecule has 0 unspecified atom stereocenters. The van der Waals surface area contributed by atoms with Gasteiger partial charge in [-0.25, -0.2) is 9.69 Å². The van der Waals surface area contributed by atoms with Crippen LogP contribution in [0.25, 0.3) is 0 Å². The minimum Gasteiger partial charge on any atom is -0.443 e. The Morgan fingerprint density at radius 2 is 2.11 bits per heavy atom. The molecule has 2 amide bonds. The summed E-state index contributed by atoms with van der Waals surface area (Å²) in [5.41, 5.74) is 1.81. The maximum atomic E-state index is 12.2. The number of imide groups is 1. The van der Waals surface area contributed by atoms with E-state index in [1.165, 1.54) is 4.90 Å². The predicted molar refractivity (Wildman–Crippen MR) is 66.5 cm³/mol. The first-order valence-electron chi connectivity index (χ1n) is 6.01. The fourth-order valence-corrected chi connectivity index (χ4v) is 1.99. The van der Waals surface area contributed by atoms with Crippen molar-refractivity contribution < 1.29 is 14.3 Å². The molecule has 1 aliphatic heterocycles. The van der Waals surface area contributed by atoms with Gasteiger partial charge in [-0.05, 0) is 33.8 Å². The number of aromatic nitrogens is 1. The second kappa shape index (κ2) is 4.15. The van der Waals surface area contributed by atoms with Crippen molar-refractivity contribution in [3.8, 4) is 0 Å². The van der Waals surface area contributed by atoms with Crippen molar-refractivity contribution >= 4 is 12.0 Å². The molecule has 2 heterocycles. The molecule has 0 atom stereocenters. The van der Waals surface area contributed by atoms with Crippen molar-refractivity contribution in [1.29, 1.82) is 0 Å². The van der Waals surface area contributed by atoms with Crippen LogP contribution < -0.4 is 0 Å². The fraction of sp³-hybridized carbons (Fsp3) is 0.538. The summed E-state index contributed by atoms with van der Waals surface area (Å²) < 4.78 is 5.23. The maximum absolute atomic E-state index is 12.2. The number of carbonyl (C=O) groups excluding carboxylic acids is 2. The van der Waals surface area contributed by atoms with Crippen LogP contribution in [0, 0.1) is 6.92 Å². The van der Waals surface area contributed by atoms with E-state index < -0.39 is 11.7 Å². The van der Waals surface area contributed by atoms with Gasteiger partial charge in [0, 0.05) is 24.4 Å². The van der Waals surface area contributed by atoms with Crippen LogP contribution in [0.5, 0.6) is 0 Å². The molecule has 98 valence electrons. The molecule has 2 rings (SSSR count). The standard InChI is InChI=1S/C13H18N2O3/c1-8-7-9-10(14-8)5-6-15(11(9)16)12(17)18-13(2,3)4/h7,14H,5-6H2,1-4H3. The van der Waals surface area contributed by atoms with Crippen LogP contribution in [-0.4, -0.2) is 34.0 Å². The van der Waals surface area contributed by atoms with Crippen LogP contribution in [0.1, 0.15) is 42.5 Å². The average Bonchev–Trinajstić information content (AvgIpc) is 2.57. The molecule has 1 N–H and O–H groups in total. The normalized spacial score (nSPS) is 15.6. The number of amides is 2. The summed E-state index contributed by atoms with van der Waals surface area (Å²) in [5, 5.41) is 0. The largest absolute Gasteiger partial charge is 0.443 e. The lowest BCUT2D eigenvalue weighted by molar-refractivity contribution is 0.0233. The van der Waals surface area contributed by atoms with Crippen molar-refractivity contribution in [2.75, 3.05) is 6.54 Å². The van der Waals surface area contributed by atoms with Gasteiger partial charge in [-0.3, -0.25) is 4.79 Å². The third-order valence-electron chi connectivity index (χ3n) is 2.71. The first-order valence-corrected chi connectivity index (χ1v) is 6.01. The van der Waals surface area contributed by atoms with Gasteiger partial charge in [0.1, 0.15) is 5.60 Å². The van der Waals surface area contributed by atoms with Crippen LogP contribution in [0.4, 0.5) is 4.79 Å². The van der Waals surface area contributed by atoms with E-state index >= 15 is 0 Å². The highest BCUT2D eigenvalue weighted by atomic mass is 16.6. The number of nitrogens with zero attached hydrogens (tertiary/aromatic N) is 1. The van der Waals surface area contributed by atoms with Gasteiger partial charge in [0.2, 0.25) is 0 Å². The van der Waals surface area contributed by atoms with Crippen LogP contribution in [0.15, 0.2) is 6.07 Å². The van der Waals surface area contributed by atoms with Crippen LogP contribution in [0.2, 0.25) is 0 Å². The molecule has 0 radical (unpaired) electrons. The van der Waals surface area contributed by atoms with Crippen molar-refractivity contribution in [1.82, 2.24) is 9.88 Å². The number of rotatable bonds is 0. The van der Waals surface area contributed by atoms with Gasteiger partial charge in [-0.2, -0.15) is 0 Å². The Morgan fingerprint density at radius 3 is 2.72 bits per heavy atom. The van der Waals surface area contributed by atoms with E-state index in [9.17, 15) is 9.59 Å². The maximum Gasteiger partial charge on any atom is 0.417 e. The monoisotopic (exact) mass is 250 g/mol. The van der Waals surface area contributed by atoms with Gasteiger partial charge < -0.3 is 9.72 Å². The lowest BCUT2D eigenvalue weighted by Gasteiger charge is -2.28. The minimum atomic E-state index is -0.592. The summed E-state index contributed by atoms with van der Waals surface area (Å²) in [6.07, 6.45) is 0.0748. The van der Waals surface area contributed by atoms with E-state index in [1.54, 1.807) is 26.8 Å². The van der Waals surface area contributed by atoms with E-state index in [0.29, 0.717) is 18.5 Å². The molecule has 0 saturated carbocycles. The molecule has 0 aliphatic carbocycles. The molecule has 0 bridgehead atoms. The van der Waals surface area contributed by atoms with E-state index in [1.807, 2.05) is 6.92 Å². The Hall–Kier alpha value is -1.78. The van der Waals surface area contributed by atoms with Gasteiger partial charge in [-0.1, -0.05) is 0 Å². The lowest BCUT2D eigenvalue weighted by Crippen LogP contribution is -2.44. The molecule has 0 fully saturated rings. The molecule has 1 aromatic heterocycles. The zero-order valence-electron chi connectivity index (χ0n) is 11.2. The first-order chi connectivity index (χ1) is 8.28. The summed E-state index contributed by atoms with van der Waals surface area (Å²) in [5.74, 6) is -0.283. The van der Waals surface area contributed by atoms with Crippen molar-refractivity contribution in [3.05, 3.63) is 23.0 Å². The van der Waals surface area contributed by atoms with Crippen molar-refractivity contribution in [2.45, 2.75) is 39.7 Å². The zero-order valence-corrected chi connectivity index (χ0v) is 11.2. The quantitative estimate of drug-likeness (QED) is 0.768. The van der Waals surface area contributed by atoms with Gasteiger partial charge in [-0.15, -0.1) is 0 Å². The van der Waals surface area contributed by atoms with Gasteiger partial charge in [0.05, 0.1) is 5.56 Å². The highest BCUT2D eigenvalue weighted by Crippen LogP contribution is 2.21. The molecule has 0 aromatic carbocycles. The number of fused-ring (bicyclic) bond motifs is 1. The molecule has 1 aliphatic rings. The average molecular weight is 250 g/mol. The first kappa shape index (κ1) is 12.7. The highest BCUT2D eigenvalue weighted by Gasteiger charge is 2.33. The Bertz CT molecular complexity index is 497. The van der Waals surface area contributed by atoms with Gasteiger partial charge in [0.15, 0.2) is 0 Å². The second-order valence-corrected chi connectivity index (χ2v) is 5.53. The minimum absolute atomic E-state index is 0.283. The number of H-pyrrole nitrogens is 1. The SMILES string of the molecule is Cc1cc2c([nH]1)CCN(C(=O)OC(C)(C)C)C2=O. The molecule has 1 aromatic rings. The van der Waals surface area contributed by atoms with Crippen LogP contribution >= 0.6 is 0 Å². The van der Waals surface area contributed by atoms with E-state index in [4.69, 9.17) is 4.74 Å². The summed E-state index contributed by atoms with van der Waals surface area (Å²) >= 11 is 0. The van der Waals surface area contributed by atoms with Crippen molar-refractivity contribution in [2.24, 2.45) is 0 Å². The van der Waals surface area contributed by atoms with E-state index in [2.05, 4.69) is 4.98 Å². The zero-order chi connectivity index (χ0) is 13.5. The number of hydrogen-bond acceptors (Lipinski definition) is 3. The Morgan fingerprint density at radius 1 is 1.44 bits per heavy atom. The van der Waals surface area contributed by atoms with E-state index in [-0.39, 0.29) is 5.91 Å². The topological polar surface area (TPSA) is 62.4 Å². The number of ether oxygens (including phenoxy) is 1. The lowest BCUT2D eigenvalue weighted by atomic mass is 10.1. The molecule has 5 heteroatoms. The molecule has 5 nitrogen and oxygen atoms in total. The Kier molecular flexibility index (Phi) is 2.92. The van der Waals surface area contributed by atoms with Gasteiger partial charge >= 0.3 is 6.09 Å². The van der Waals surface area contributed by atoms with Crippen LogP contribution in [0.3, 0.4) is 0 Å². The van der Waals surface area contributed by atoms with Crippen LogP contribution in [-0.2, 0) is 11.2 Å². The summed E-state index contributed by atoms with van der Waals surface area (Å²) in [4.78, 5) is 28.4. The van der Waals surface area contributed by atoms with Gasteiger partial charge in [0.25, 0.3) is 5.91 Å². The molecule has 0 saturated heterocycles. The number of aromatic amines is 1. The summed E-state index contributed by atoms with van der Waals surface area (Å²) in [6.45, 7) is 7.60. The third-order valence-corrected chi connectivity index (χ3v) is 2.71. The number of nitrogens with one attached hydrogen (secondary N) is 1. The molecular weight excluding hydrogens is 232 g/mol. The number of aryl methyl sites for hydroxylation is 1. The predicted octanol–water partition coefficient (Wildman–Crippen LogP) is 2.26.